The molecule has 4 nitrogen and oxygen atoms in total. The molecule has 0 aromatic carbocycles. The summed E-state index contributed by atoms with van der Waals surface area (Å²) in [4.78, 5) is 16.5. The van der Waals surface area contributed by atoms with Crippen molar-refractivity contribution < 1.29 is 9.53 Å². The van der Waals surface area contributed by atoms with Crippen molar-refractivity contribution in [3.63, 3.8) is 0 Å². The van der Waals surface area contributed by atoms with Crippen LogP contribution in [0.2, 0.25) is 0 Å². The lowest BCUT2D eigenvalue weighted by molar-refractivity contribution is -0.146. The lowest BCUT2D eigenvalue weighted by atomic mass is 9.55. The van der Waals surface area contributed by atoms with E-state index in [2.05, 4.69) is 23.8 Å². The van der Waals surface area contributed by atoms with E-state index in [1.165, 1.54) is 24.0 Å². The van der Waals surface area contributed by atoms with Crippen molar-refractivity contribution >= 4 is 5.97 Å². The molecule has 3 fully saturated rings. The second-order valence-corrected chi connectivity index (χ2v) is 8.39. The van der Waals surface area contributed by atoms with Gasteiger partial charge in [-0.2, -0.15) is 0 Å². The van der Waals surface area contributed by atoms with E-state index in [9.17, 15) is 4.79 Å². The Morgan fingerprint density at radius 3 is 3.00 bits per heavy atom. The van der Waals surface area contributed by atoms with Crippen molar-refractivity contribution in [1.29, 1.82) is 0 Å². The van der Waals surface area contributed by atoms with Gasteiger partial charge in [-0.1, -0.05) is 19.1 Å². The van der Waals surface area contributed by atoms with Crippen LogP contribution < -0.4 is 5.32 Å². The summed E-state index contributed by atoms with van der Waals surface area (Å²) >= 11 is 0. The molecule has 1 N–H and O–H groups in total. The summed E-state index contributed by atoms with van der Waals surface area (Å²) in [7, 11) is 0. The van der Waals surface area contributed by atoms with Crippen LogP contribution in [0.1, 0.15) is 44.6 Å². The third-order valence-corrected chi connectivity index (χ3v) is 6.76. The monoisotopic (exact) mass is 340 g/mol. The molecule has 4 heteroatoms. The number of allylic oxidation sites excluding steroid dienone is 1. The molecule has 134 valence electrons. The molecule has 1 saturated heterocycles. The molecule has 0 unspecified atom stereocenters. The molecule has 2 aliphatic carbocycles. The molecule has 3 aliphatic rings. The second kappa shape index (κ2) is 6.56. The van der Waals surface area contributed by atoms with E-state index in [0.29, 0.717) is 18.4 Å². The van der Waals surface area contributed by atoms with Crippen LogP contribution in [0, 0.1) is 23.2 Å². The Kier molecular flexibility index (Phi) is 4.40. The first kappa shape index (κ1) is 16.8. The zero-order valence-corrected chi connectivity index (χ0v) is 15.0. The van der Waals surface area contributed by atoms with E-state index in [-0.39, 0.29) is 23.4 Å². The minimum Gasteiger partial charge on any atom is -0.462 e. The van der Waals surface area contributed by atoms with Crippen LogP contribution in [-0.4, -0.2) is 23.6 Å². The Morgan fingerprint density at radius 2 is 2.20 bits per heavy atom. The maximum Gasteiger partial charge on any atom is 0.310 e. The lowest BCUT2D eigenvalue weighted by Crippen LogP contribution is -2.45. The molecule has 2 heterocycles. The van der Waals surface area contributed by atoms with Gasteiger partial charge in [-0.05, 0) is 61.1 Å². The van der Waals surface area contributed by atoms with Gasteiger partial charge in [-0.3, -0.25) is 9.78 Å². The molecule has 1 aromatic heterocycles. The molecule has 5 atom stereocenters. The van der Waals surface area contributed by atoms with Gasteiger partial charge in [-0.15, -0.1) is 0 Å². The fraction of sp³-hybridized carbons (Fsp3) is 0.619. The number of ether oxygens (including phenoxy) is 1. The standard InChI is InChI=1S/C21H28N2O2/c1-14-4-3-7-21(2)11-19-16(10-18(14)21)17(20(24)25-19)13-23-12-15-5-8-22-9-6-15/h5-6,8-9,16-19,23H,1,3-4,7,10-13H2,2H3/t16-,17+,18+,19-,21-/m1/s1. The number of carbonyl (C=O) groups excluding carboxylic acids is 1. The Bertz CT molecular complexity index is 659. The summed E-state index contributed by atoms with van der Waals surface area (Å²) < 4.78 is 5.81. The van der Waals surface area contributed by atoms with E-state index < -0.39 is 0 Å². The number of pyridine rings is 1. The average Bonchev–Trinajstić information content (AvgIpc) is 2.88. The van der Waals surface area contributed by atoms with Crippen LogP contribution in [0.15, 0.2) is 36.7 Å². The zero-order valence-electron chi connectivity index (χ0n) is 15.0. The van der Waals surface area contributed by atoms with Crippen LogP contribution in [0.25, 0.3) is 0 Å². The third-order valence-electron chi connectivity index (χ3n) is 6.76. The van der Waals surface area contributed by atoms with E-state index >= 15 is 0 Å². The Morgan fingerprint density at radius 1 is 1.40 bits per heavy atom. The quantitative estimate of drug-likeness (QED) is 0.673. The maximum absolute atomic E-state index is 12.5. The van der Waals surface area contributed by atoms with Crippen molar-refractivity contribution in [2.45, 2.75) is 51.7 Å². The molecule has 25 heavy (non-hydrogen) atoms. The van der Waals surface area contributed by atoms with Gasteiger partial charge in [-0.25, -0.2) is 0 Å². The minimum absolute atomic E-state index is 0.00918. The highest BCUT2D eigenvalue weighted by molar-refractivity contribution is 5.75. The highest BCUT2D eigenvalue weighted by atomic mass is 16.6. The Labute approximate surface area is 150 Å². The van der Waals surface area contributed by atoms with Gasteiger partial charge in [0.05, 0.1) is 5.92 Å². The normalized spacial score (nSPS) is 37.3. The number of rotatable bonds is 4. The first-order valence-electron chi connectivity index (χ1n) is 9.54. The number of nitrogens with one attached hydrogen (secondary N) is 1. The van der Waals surface area contributed by atoms with Crippen LogP contribution in [0.5, 0.6) is 0 Å². The van der Waals surface area contributed by atoms with Gasteiger partial charge in [0.15, 0.2) is 0 Å². The number of esters is 1. The summed E-state index contributed by atoms with van der Waals surface area (Å²) in [5.41, 5.74) is 2.86. The van der Waals surface area contributed by atoms with Gasteiger partial charge in [0.25, 0.3) is 0 Å². The van der Waals surface area contributed by atoms with Gasteiger partial charge >= 0.3 is 5.97 Å². The molecule has 0 bridgehead atoms. The van der Waals surface area contributed by atoms with Gasteiger partial charge < -0.3 is 10.1 Å². The molecular formula is C21H28N2O2. The molecule has 0 radical (unpaired) electrons. The third kappa shape index (κ3) is 3.12. The predicted octanol–water partition coefficient (Wildman–Crippen LogP) is 3.49. The van der Waals surface area contributed by atoms with Crippen LogP contribution in [0.3, 0.4) is 0 Å². The molecule has 2 saturated carbocycles. The molecule has 0 amide bonds. The van der Waals surface area contributed by atoms with E-state index in [1.807, 2.05) is 12.1 Å². The molecular weight excluding hydrogens is 312 g/mol. The largest absolute Gasteiger partial charge is 0.462 e. The summed E-state index contributed by atoms with van der Waals surface area (Å²) in [6.45, 7) is 8.19. The van der Waals surface area contributed by atoms with Gasteiger partial charge in [0.1, 0.15) is 6.10 Å². The molecule has 1 aromatic rings. The first-order valence-corrected chi connectivity index (χ1v) is 9.54. The number of aromatic nitrogens is 1. The van der Waals surface area contributed by atoms with Crippen LogP contribution >= 0.6 is 0 Å². The summed E-state index contributed by atoms with van der Waals surface area (Å²) in [6.07, 6.45) is 9.39. The van der Waals surface area contributed by atoms with E-state index in [0.717, 1.165) is 25.8 Å². The Balaban J connectivity index is 1.42. The van der Waals surface area contributed by atoms with Gasteiger partial charge in [0, 0.05) is 31.4 Å². The molecule has 1 aliphatic heterocycles. The van der Waals surface area contributed by atoms with Crippen molar-refractivity contribution in [1.82, 2.24) is 10.3 Å². The first-order chi connectivity index (χ1) is 12.1. The topological polar surface area (TPSA) is 51.2 Å². The van der Waals surface area contributed by atoms with Crippen molar-refractivity contribution in [2.24, 2.45) is 23.2 Å². The number of nitrogens with zero attached hydrogens (tertiary/aromatic N) is 1. The number of carbonyl (C=O) groups is 1. The van der Waals surface area contributed by atoms with Gasteiger partial charge in [0.2, 0.25) is 0 Å². The minimum atomic E-state index is -0.0221. The van der Waals surface area contributed by atoms with Crippen LogP contribution in [-0.2, 0) is 16.1 Å². The lowest BCUT2D eigenvalue weighted by Gasteiger charge is -2.50. The molecule has 4 rings (SSSR count). The average molecular weight is 340 g/mol. The maximum atomic E-state index is 12.5. The zero-order chi connectivity index (χ0) is 17.4. The van der Waals surface area contributed by atoms with Crippen LogP contribution in [0.4, 0.5) is 0 Å². The van der Waals surface area contributed by atoms with Crippen molar-refractivity contribution in [3.8, 4) is 0 Å². The highest BCUT2D eigenvalue weighted by Gasteiger charge is 2.54. The number of fused-ring (bicyclic) bond motifs is 2. The predicted molar refractivity (Wildman–Crippen MR) is 96.6 cm³/mol. The fourth-order valence-corrected chi connectivity index (χ4v) is 5.36. The second-order valence-electron chi connectivity index (χ2n) is 8.39. The summed E-state index contributed by atoms with van der Waals surface area (Å²) in [5.74, 6) is 0.862. The number of hydrogen-bond acceptors (Lipinski definition) is 4. The fourth-order valence-electron chi connectivity index (χ4n) is 5.36. The van der Waals surface area contributed by atoms with E-state index in [4.69, 9.17) is 4.74 Å². The molecule has 0 spiro atoms. The SMILES string of the molecule is C=C1CCC[C@]2(C)C[C@H]3OC(=O)[C@@H](CNCc4ccncc4)[C@H]3C[C@@H]12. The smallest absolute Gasteiger partial charge is 0.310 e. The highest BCUT2D eigenvalue weighted by Crippen LogP contribution is 2.56. The van der Waals surface area contributed by atoms with Crippen molar-refractivity contribution in [3.05, 3.63) is 42.2 Å². The number of hydrogen-bond donors (Lipinski definition) is 1. The summed E-state index contributed by atoms with van der Waals surface area (Å²) in [5, 5.41) is 3.45. The summed E-state index contributed by atoms with van der Waals surface area (Å²) in [6, 6.07) is 4.00. The van der Waals surface area contributed by atoms with E-state index in [1.54, 1.807) is 12.4 Å². The van der Waals surface area contributed by atoms with Crippen molar-refractivity contribution in [2.75, 3.05) is 6.54 Å². The Hall–Kier alpha value is -1.68.